The summed E-state index contributed by atoms with van der Waals surface area (Å²) >= 11 is 0. The maximum Gasteiger partial charge on any atom is 0.416 e. The second kappa shape index (κ2) is 8.57. The first-order chi connectivity index (χ1) is 10.4. The lowest BCUT2D eigenvalue weighted by molar-refractivity contribution is -0.138. The standard InChI is InChI=1S/C14H19F4N3O/c1-19-13(20-6-3-7-22-2)21-9-10-4-5-11(15)8-12(10)14(16,17)18/h4-5,8H,3,6-7,9H2,1-2H3,(H2,19,20,21). The van der Waals surface area contributed by atoms with E-state index in [1.54, 1.807) is 7.11 Å². The van der Waals surface area contributed by atoms with E-state index in [4.69, 9.17) is 4.74 Å². The van der Waals surface area contributed by atoms with E-state index in [0.29, 0.717) is 25.2 Å². The molecule has 22 heavy (non-hydrogen) atoms. The molecule has 0 radical (unpaired) electrons. The number of hydrogen-bond acceptors (Lipinski definition) is 2. The van der Waals surface area contributed by atoms with Crippen molar-refractivity contribution in [2.24, 2.45) is 4.99 Å². The molecule has 0 aliphatic carbocycles. The molecule has 2 N–H and O–H groups in total. The Labute approximate surface area is 126 Å². The van der Waals surface area contributed by atoms with Gasteiger partial charge in [0.2, 0.25) is 0 Å². The van der Waals surface area contributed by atoms with E-state index < -0.39 is 17.6 Å². The van der Waals surface area contributed by atoms with Crippen molar-refractivity contribution in [1.29, 1.82) is 0 Å². The Morgan fingerprint density at radius 2 is 2.00 bits per heavy atom. The molecule has 1 aromatic rings. The third-order valence-corrected chi connectivity index (χ3v) is 2.86. The SMILES string of the molecule is CN=C(NCCCOC)NCc1ccc(F)cc1C(F)(F)F. The van der Waals surface area contributed by atoms with Crippen molar-refractivity contribution in [3.05, 3.63) is 35.1 Å². The van der Waals surface area contributed by atoms with Crippen molar-refractivity contribution in [2.45, 2.75) is 19.1 Å². The zero-order chi connectivity index (χ0) is 16.6. The van der Waals surface area contributed by atoms with Gasteiger partial charge in [-0.3, -0.25) is 4.99 Å². The number of nitrogens with one attached hydrogen (secondary N) is 2. The normalized spacial score (nSPS) is 12.4. The lowest BCUT2D eigenvalue weighted by Crippen LogP contribution is -2.38. The maximum absolute atomic E-state index is 13.0. The summed E-state index contributed by atoms with van der Waals surface area (Å²) in [5, 5.41) is 5.72. The third kappa shape index (κ3) is 5.88. The first-order valence-corrected chi connectivity index (χ1v) is 6.67. The molecule has 0 bridgehead atoms. The molecular weight excluding hydrogens is 302 g/mol. The summed E-state index contributed by atoms with van der Waals surface area (Å²) in [5.41, 5.74) is -1.04. The topological polar surface area (TPSA) is 45.7 Å². The molecule has 0 spiro atoms. The predicted molar refractivity (Wildman–Crippen MR) is 76.1 cm³/mol. The van der Waals surface area contributed by atoms with Crippen molar-refractivity contribution in [3.63, 3.8) is 0 Å². The molecule has 0 amide bonds. The maximum atomic E-state index is 13.0. The molecule has 1 aromatic carbocycles. The monoisotopic (exact) mass is 321 g/mol. The van der Waals surface area contributed by atoms with Crippen LogP contribution in [0.4, 0.5) is 17.6 Å². The molecule has 0 saturated heterocycles. The lowest BCUT2D eigenvalue weighted by atomic mass is 10.1. The molecule has 124 valence electrons. The van der Waals surface area contributed by atoms with Crippen LogP contribution in [-0.2, 0) is 17.5 Å². The zero-order valence-corrected chi connectivity index (χ0v) is 12.4. The van der Waals surface area contributed by atoms with Crippen LogP contribution in [0, 0.1) is 5.82 Å². The Kier molecular flexibility index (Phi) is 7.10. The summed E-state index contributed by atoms with van der Waals surface area (Å²) in [5.74, 6) is -0.549. The number of guanidine groups is 1. The van der Waals surface area contributed by atoms with E-state index in [1.807, 2.05) is 0 Å². The van der Waals surface area contributed by atoms with Gasteiger partial charge in [-0.15, -0.1) is 0 Å². The number of aliphatic imine (C=N–C) groups is 1. The number of benzene rings is 1. The van der Waals surface area contributed by atoms with E-state index in [0.717, 1.165) is 18.6 Å². The molecule has 8 heteroatoms. The van der Waals surface area contributed by atoms with E-state index in [9.17, 15) is 17.6 Å². The minimum absolute atomic E-state index is 0.0475. The predicted octanol–water partition coefficient (Wildman–Crippen LogP) is 2.55. The van der Waals surface area contributed by atoms with E-state index >= 15 is 0 Å². The highest BCUT2D eigenvalue weighted by Gasteiger charge is 2.33. The van der Waals surface area contributed by atoms with Crippen molar-refractivity contribution in [3.8, 4) is 0 Å². The van der Waals surface area contributed by atoms with Gasteiger partial charge >= 0.3 is 6.18 Å². The minimum Gasteiger partial charge on any atom is -0.385 e. The van der Waals surface area contributed by atoms with Crippen LogP contribution in [0.3, 0.4) is 0 Å². The van der Waals surface area contributed by atoms with E-state index in [-0.39, 0.29) is 12.1 Å². The fourth-order valence-electron chi connectivity index (χ4n) is 1.79. The van der Waals surface area contributed by atoms with Gasteiger partial charge in [-0.1, -0.05) is 6.07 Å². The second-order valence-corrected chi connectivity index (χ2v) is 4.50. The highest BCUT2D eigenvalue weighted by atomic mass is 19.4. The largest absolute Gasteiger partial charge is 0.416 e. The van der Waals surface area contributed by atoms with Crippen molar-refractivity contribution >= 4 is 5.96 Å². The number of methoxy groups -OCH3 is 1. The van der Waals surface area contributed by atoms with Crippen LogP contribution in [0.25, 0.3) is 0 Å². The van der Waals surface area contributed by atoms with Crippen LogP contribution >= 0.6 is 0 Å². The zero-order valence-electron chi connectivity index (χ0n) is 12.4. The number of hydrogen-bond donors (Lipinski definition) is 2. The quantitative estimate of drug-likeness (QED) is 0.366. The summed E-state index contributed by atoms with van der Waals surface area (Å²) < 4.78 is 56.5. The van der Waals surface area contributed by atoms with Gasteiger partial charge in [0, 0.05) is 33.9 Å². The molecule has 0 unspecified atom stereocenters. The van der Waals surface area contributed by atoms with Crippen LogP contribution in [0.1, 0.15) is 17.5 Å². The summed E-state index contributed by atoms with van der Waals surface area (Å²) in [7, 11) is 3.10. The van der Waals surface area contributed by atoms with Gasteiger partial charge < -0.3 is 15.4 Å². The van der Waals surface area contributed by atoms with Gasteiger partial charge in [-0.2, -0.15) is 13.2 Å². The highest BCUT2D eigenvalue weighted by molar-refractivity contribution is 5.79. The molecular formula is C14H19F4N3O. The summed E-state index contributed by atoms with van der Waals surface area (Å²) in [6, 6.07) is 2.61. The molecule has 0 aliphatic heterocycles. The van der Waals surface area contributed by atoms with Gasteiger partial charge in [0.1, 0.15) is 5.82 Å². The summed E-state index contributed by atoms with van der Waals surface area (Å²) in [4.78, 5) is 3.91. The average molecular weight is 321 g/mol. The Balaban J connectivity index is 2.67. The van der Waals surface area contributed by atoms with E-state index in [1.165, 1.54) is 7.05 Å². The minimum atomic E-state index is -4.60. The van der Waals surface area contributed by atoms with Crippen molar-refractivity contribution < 1.29 is 22.3 Å². The summed E-state index contributed by atoms with van der Waals surface area (Å²) in [6.45, 7) is 1.03. The molecule has 0 fully saturated rings. The number of halogens is 4. The molecule has 0 saturated carbocycles. The van der Waals surface area contributed by atoms with Gasteiger partial charge in [-0.05, 0) is 24.1 Å². The fourth-order valence-corrected chi connectivity index (χ4v) is 1.79. The van der Waals surface area contributed by atoms with Crippen LogP contribution in [0.15, 0.2) is 23.2 Å². The van der Waals surface area contributed by atoms with Crippen molar-refractivity contribution in [1.82, 2.24) is 10.6 Å². The van der Waals surface area contributed by atoms with Gasteiger partial charge in [0.25, 0.3) is 0 Å². The molecule has 1 rings (SSSR count). The lowest BCUT2D eigenvalue weighted by Gasteiger charge is -2.15. The number of alkyl halides is 3. The van der Waals surface area contributed by atoms with Gasteiger partial charge in [0.15, 0.2) is 5.96 Å². The average Bonchev–Trinajstić information content (AvgIpc) is 2.46. The number of ether oxygens (including phenoxy) is 1. The van der Waals surface area contributed by atoms with Crippen LogP contribution in [0.5, 0.6) is 0 Å². The second-order valence-electron chi connectivity index (χ2n) is 4.50. The fraction of sp³-hybridized carbons (Fsp3) is 0.500. The Morgan fingerprint density at radius 3 is 2.59 bits per heavy atom. The summed E-state index contributed by atoms with van der Waals surface area (Å²) in [6.07, 6.45) is -3.87. The van der Waals surface area contributed by atoms with Gasteiger partial charge in [-0.25, -0.2) is 4.39 Å². The first kappa shape index (κ1) is 18.2. The van der Waals surface area contributed by atoms with Crippen LogP contribution < -0.4 is 10.6 Å². The van der Waals surface area contributed by atoms with Crippen molar-refractivity contribution in [2.75, 3.05) is 27.3 Å². The number of rotatable bonds is 6. The highest BCUT2D eigenvalue weighted by Crippen LogP contribution is 2.32. The van der Waals surface area contributed by atoms with Crippen LogP contribution in [0.2, 0.25) is 0 Å². The Bertz CT molecular complexity index is 503. The van der Waals surface area contributed by atoms with Crippen LogP contribution in [-0.4, -0.2) is 33.3 Å². The Hall–Kier alpha value is -1.83. The molecule has 0 heterocycles. The molecule has 0 aliphatic rings. The first-order valence-electron chi connectivity index (χ1n) is 6.67. The molecule has 0 atom stereocenters. The third-order valence-electron chi connectivity index (χ3n) is 2.86. The van der Waals surface area contributed by atoms with Gasteiger partial charge in [0.05, 0.1) is 5.56 Å². The molecule has 4 nitrogen and oxygen atoms in total. The Morgan fingerprint density at radius 1 is 1.27 bits per heavy atom. The molecule has 0 aromatic heterocycles. The number of nitrogens with zero attached hydrogens (tertiary/aromatic N) is 1. The smallest absolute Gasteiger partial charge is 0.385 e. The van der Waals surface area contributed by atoms with E-state index in [2.05, 4.69) is 15.6 Å².